The quantitative estimate of drug-likeness (QED) is 0.0282. The number of aliphatic carboxylic acids is 2. The monoisotopic (exact) mass is 1820 g/mol. The highest BCUT2D eigenvalue weighted by Gasteiger charge is 2.55. The van der Waals surface area contributed by atoms with Gasteiger partial charge in [0.05, 0.1) is 63.1 Å². The van der Waals surface area contributed by atoms with Crippen LogP contribution in [0.3, 0.4) is 0 Å². The van der Waals surface area contributed by atoms with Gasteiger partial charge in [-0.15, -0.1) is 0 Å². The summed E-state index contributed by atoms with van der Waals surface area (Å²) in [6, 6.07) is 17.0. The summed E-state index contributed by atoms with van der Waals surface area (Å²) in [5.74, 6) is 0.0571. The molecule has 7 fully saturated rings. The van der Waals surface area contributed by atoms with Gasteiger partial charge < -0.3 is 159 Å². The molecule has 724 valence electrons. The molecule has 4 heterocycles. The van der Waals surface area contributed by atoms with Crippen LogP contribution in [0, 0.1) is 53.3 Å². The van der Waals surface area contributed by atoms with Gasteiger partial charge in [0, 0.05) is 0 Å². The van der Waals surface area contributed by atoms with Gasteiger partial charge in [-0.2, -0.15) is 0 Å². The van der Waals surface area contributed by atoms with E-state index >= 15 is 0 Å². The Morgan fingerprint density at radius 2 is 0.711 bits per heavy atom. The first-order valence-electron chi connectivity index (χ1n) is 46.5. The number of hydrogen-bond donors (Lipinski definition) is 21. The number of aliphatic hydroxyl groups excluding tert-OH is 19. The number of carbonyl (C=O) groups excluding carboxylic acids is 1. The van der Waals surface area contributed by atoms with Gasteiger partial charge in [0.15, 0.2) is 38.7 Å². The van der Waals surface area contributed by atoms with Crippen molar-refractivity contribution in [2.45, 2.75) is 354 Å². The summed E-state index contributed by atoms with van der Waals surface area (Å²) in [6.07, 6.45) is -9.35. The van der Waals surface area contributed by atoms with Crippen molar-refractivity contribution < 1.29 is 174 Å². The Morgan fingerprint density at radius 1 is 0.375 bits per heavy atom. The van der Waals surface area contributed by atoms with Gasteiger partial charge in [0.2, 0.25) is 6.29 Å². The molecule has 0 radical (unpaired) electrons. The highest BCUT2D eigenvalue weighted by atomic mass is 16.7. The molecule has 0 bridgehead atoms. The predicted molar refractivity (Wildman–Crippen MR) is 452 cm³/mol. The lowest BCUT2D eigenvalue weighted by Gasteiger charge is -2.42. The third kappa shape index (κ3) is 25.9. The molecule has 4 aliphatic heterocycles. The molecule has 10 aliphatic rings. The van der Waals surface area contributed by atoms with E-state index in [9.17, 15) is 117 Å². The molecule has 0 amide bonds. The lowest BCUT2D eigenvalue weighted by Crippen LogP contribution is -2.60. The van der Waals surface area contributed by atoms with Crippen LogP contribution in [0.4, 0.5) is 0 Å². The normalized spacial score (nSPS) is 36.4. The molecule has 35 nitrogen and oxygen atoms in total. The molecule has 13 rings (SSSR count). The van der Waals surface area contributed by atoms with Crippen LogP contribution < -0.4 is 14.2 Å². The second-order valence-electron chi connectivity index (χ2n) is 37.0. The summed E-state index contributed by atoms with van der Waals surface area (Å²) < 4.78 is 63.4. The molecular weight excluding hydrogens is 1680 g/mol. The second kappa shape index (κ2) is 49.1. The number of ether oxygens (including phenoxy) is 11. The van der Waals surface area contributed by atoms with Gasteiger partial charge in [-0.25, -0.2) is 14.4 Å². The number of esters is 1. The average molecular weight is 1820 g/mol. The van der Waals surface area contributed by atoms with Crippen LogP contribution in [0.1, 0.15) is 189 Å². The summed E-state index contributed by atoms with van der Waals surface area (Å²) in [4.78, 5) is 34.8. The molecule has 4 saturated heterocycles. The van der Waals surface area contributed by atoms with E-state index in [-0.39, 0.29) is 53.6 Å². The molecule has 35 atom stereocenters. The van der Waals surface area contributed by atoms with E-state index in [4.69, 9.17) is 57.2 Å². The van der Waals surface area contributed by atoms with Crippen LogP contribution in [0.25, 0.3) is 0 Å². The smallest absolute Gasteiger partial charge is 0.346 e. The van der Waals surface area contributed by atoms with Crippen molar-refractivity contribution in [3.63, 3.8) is 0 Å². The van der Waals surface area contributed by atoms with Crippen molar-refractivity contribution in [2.24, 2.45) is 53.3 Å². The molecule has 0 aromatic heterocycles. The number of rotatable bonds is 41. The number of carboxylic acid groups (broad SMARTS) is 2. The standard InChI is InChI=1S/C35H54O15.2C29H44O10/c1-2-3-4-7-19(47-34-32(44)30(42)28(40)25(14-36)49-34)9-10-20-21-11-17-6-5-8-23(46-16-27(38)39)22(17)12-18(21)13-24(20)48-35-33(45)31(43)29(41)26(15-37)50-35;1-2-3-4-7-18(31)9-10-19-20-11-16-6-5-8-23(21(16)12-17(20)13-22(19)32)37-15-25(33)39-29-28(36)27(35)26(34)24(14-30)38-29;1-2-3-4-7-18(31)9-10-19-20-11-16-6-5-8-22(37-15-25(32)33)21(16)12-17(20)13-23(19)38-29-28(36)27(35)26(34)24(14-30)39-29/h5-6,8,18-21,24-26,28-37,40-45H,2-4,7,9-16H2,1H3,(H,38,39);5-6,8,17-20,22,24,26-32,34-36H,2-4,7,9-15H2,1H3;5-6,8,17-20,23-24,26-31,34-36H,2-4,7,9-15H2,1H3,(H,32,33)/t18-,19-,20+,21-,24+,25-,26-,28-,29-,30+,31+,32-,33-,34-,35-;17-,18-,19+,20-,22+,24-,26-,27+,28-,29?;17-,18-,19+,20-,23+,24-,26+,27+,28-,29-/m111/s1. The third-order valence-electron chi connectivity index (χ3n) is 28.5. The van der Waals surface area contributed by atoms with Crippen LogP contribution >= 0.6 is 0 Å². The third-order valence-corrected chi connectivity index (χ3v) is 28.5. The SMILES string of the molecule is CCCCC[C@@H](O)CC[C@H]1[C@@H]2Cc3cccc(OCC(=O)O)c3C[C@@H]2C[C@@H]1O[C@@H]1O[C@H](CO)[C@H](O)[C@H](O)[C@H]1O.CCCCC[C@@H](O)CC[C@H]1[C@@H]2Cc3cccc(OCC(=O)OC4O[C@H](CO)[C@@H](O)[C@H](O)[C@H]4O)c3C[C@@H]2C[C@@H]1O.CCCCC[C@H](CC[C@H]1[C@@H]2Cc3cccc(OCC(=O)O)c3C[C@@H]2C[C@@H]1O[C@@H]1O[C@H](CO)[C@@H](O)[C@H](O)[C@H]1O)O[C@@H]1O[C@H](CO)[C@@H](O)[C@H](O)[C@H]1O. The summed E-state index contributed by atoms with van der Waals surface area (Å²) in [5, 5.41) is 212. The van der Waals surface area contributed by atoms with Gasteiger partial charge in [-0.05, 0) is 220 Å². The lowest BCUT2D eigenvalue weighted by atomic mass is 9.73. The molecular formula is C93H142O35. The maximum atomic E-state index is 12.5. The molecule has 21 N–H and O–H groups in total. The van der Waals surface area contributed by atoms with E-state index in [1.807, 2.05) is 36.4 Å². The van der Waals surface area contributed by atoms with Crippen LogP contribution in [0.15, 0.2) is 54.6 Å². The van der Waals surface area contributed by atoms with E-state index in [1.165, 1.54) is 0 Å². The zero-order valence-corrected chi connectivity index (χ0v) is 73.6. The van der Waals surface area contributed by atoms with Crippen LogP contribution in [0.2, 0.25) is 0 Å². The summed E-state index contributed by atoms with van der Waals surface area (Å²) in [5.41, 5.74) is 6.22. The fourth-order valence-corrected chi connectivity index (χ4v) is 21.5. The van der Waals surface area contributed by atoms with Gasteiger partial charge in [0.25, 0.3) is 0 Å². The Morgan fingerprint density at radius 3 is 1.10 bits per heavy atom. The van der Waals surface area contributed by atoms with Crippen molar-refractivity contribution in [1.29, 1.82) is 0 Å². The molecule has 128 heavy (non-hydrogen) atoms. The average Bonchev–Trinajstić information content (AvgIpc) is 1.62. The number of aliphatic hydroxyl groups is 19. The number of fused-ring (bicyclic) bond motifs is 6. The number of benzene rings is 3. The Kier molecular flexibility index (Phi) is 39.5. The fraction of sp³-hybridized carbons (Fsp3) is 0.774. The zero-order chi connectivity index (χ0) is 92.3. The first kappa shape index (κ1) is 103. The number of carbonyl (C=O) groups is 3. The summed E-state index contributed by atoms with van der Waals surface area (Å²) in [7, 11) is 0. The zero-order valence-electron chi connectivity index (χ0n) is 73.6. The van der Waals surface area contributed by atoms with Gasteiger partial charge in [0.1, 0.15) is 115 Å². The number of carboxylic acids is 2. The van der Waals surface area contributed by atoms with Crippen LogP contribution in [-0.2, 0) is 90.8 Å². The predicted octanol–water partition coefficient (Wildman–Crippen LogP) is 1.48. The lowest BCUT2D eigenvalue weighted by molar-refractivity contribution is -0.315. The molecule has 1 unspecified atom stereocenters. The Labute approximate surface area is 746 Å². The van der Waals surface area contributed by atoms with Crippen molar-refractivity contribution in [1.82, 2.24) is 0 Å². The van der Waals surface area contributed by atoms with E-state index in [0.29, 0.717) is 99.7 Å². The van der Waals surface area contributed by atoms with E-state index in [2.05, 4.69) is 20.8 Å². The van der Waals surface area contributed by atoms with Crippen molar-refractivity contribution in [3.8, 4) is 17.2 Å². The van der Waals surface area contributed by atoms with E-state index in [1.54, 1.807) is 18.2 Å². The first-order chi connectivity index (χ1) is 61.4. The topological polar surface area (TPSA) is 578 Å². The van der Waals surface area contributed by atoms with Crippen molar-refractivity contribution in [3.05, 3.63) is 88.0 Å². The number of hydrogen-bond acceptors (Lipinski definition) is 33. The van der Waals surface area contributed by atoms with Crippen LogP contribution in [0.5, 0.6) is 17.2 Å². The highest BCUT2D eigenvalue weighted by molar-refractivity contribution is 5.71. The molecule has 0 spiro atoms. The maximum Gasteiger partial charge on any atom is 0.346 e. The molecule has 6 aliphatic carbocycles. The fourth-order valence-electron chi connectivity index (χ4n) is 21.5. The van der Waals surface area contributed by atoms with Crippen molar-refractivity contribution >= 4 is 17.9 Å². The Hall–Kier alpha value is -5.57. The van der Waals surface area contributed by atoms with E-state index < -0.39 is 211 Å². The Balaban J connectivity index is 0.000000188. The van der Waals surface area contributed by atoms with E-state index in [0.717, 1.165) is 136 Å². The second-order valence-corrected chi connectivity index (χ2v) is 37.0. The first-order valence-corrected chi connectivity index (χ1v) is 46.5. The van der Waals surface area contributed by atoms with Crippen LogP contribution in [-0.4, -0.2) is 331 Å². The minimum Gasteiger partial charge on any atom is -0.482 e. The maximum absolute atomic E-state index is 12.5. The minimum atomic E-state index is -1.67. The van der Waals surface area contributed by atoms with Crippen molar-refractivity contribution in [2.75, 3.05) is 46.2 Å². The molecule has 3 aromatic carbocycles. The highest BCUT2D eigenvalue weighted by Crippen LogP contribution is 2.54. The Bertz CT molecular complexity index is 3870. The number of unbranched alkanes of at least 4 members (excludes halogenated alkanes) is 6. The largest absolute Gasteiger partial charge is 0.482 e. The minimum absolute atomic E-state index is 0.0555. The molecule has 3 saturated carbocycles. The van der Waals surface area contributed by atoms with Gasteiger partial charge in [-0.1, -0.05) is 115 Å². The summed E-state index contributed by atoms with van der Waals surface area (Å²) >= 11 is 0. The van der Waals surface area contributed by atoms with Gasteiger partial charge in [-0.3, -0.25) is 0 Å². The van der Waals surface area contributed by atoms with Gasteiger partial charge >= 0.3 is 17.9 Å². The molecule has 35 heteroatoms. The summed E-state index contributed by atoms with van der Waals surface area (Å²) in [6.45, 7) is 2.71. The molecule has 3 aromatic rings.